The number of Topliss-reactive ketones (excluding diaryl/α,β-unsaturated/α-hetero) is 1. The van der Waals surface area contributed by atoms with Crippen molar-refractivity contribution >= 4 is 28.4 Å². The molecule has 3 nitrogen and oxygen atoms in total. The molecule has 0 spiro atoms. The van der Waals surface area contributed by atoms with Crippen molar-refractivity contribution in [3.8, 4) is 0 Å². The van der Waals surface area contributed by atoms with Gasteiger partial charge in [-0.3, -0.25) is 4.79 Å². The first kappa shape index (κ1) is 12.1. The molecule has 0 aliphatic rings. The van der Waals surface area contributed by atoms with E-state index in [1.165, 1.54) is 0 Å². The van der Waals surface area contributed by atoms with E-state index in [9.17, 15) is 4.79 Å². The molecule has 1 aromatic carbocycles. The summed E-state index contributed by atoms with van der Waals surface area (Å²) in [5, 5.41) is 4.48. The maximum atomic E-state index is 12.0. The smallest absolute Gasteiger partial charge is 0.202 e. The van der Waals surface area contributed by atoms with E-state index in [4.69, 9.17) is 16.0 Å². The maximum Gasteiger partial charge on any atom is 0.202 e. The van der Waals surface area contributed by atoms with Crippen molar-refractivity contribution in [3.05, 3.63) is 35.0 Å². The Kier molecular flexibility index (Phi) is 3.50. The van der Waals surface area contributed by atoms with E-state index in [2.05, 4.69) is 5.32 Å². The summed E-state index contributed by atoms with van der Waals surface area (Å²) in [4.78, 5) is 12.0. The lowest BCUT2D eigenvalue weighted by Crippen LogP contribution is -2.23. The molecule has 2 aromatic rings. The number of nitrogens with one attached hydrogen (secondary N) is 1. The van der Waals surface area contributed by atoms with E-state index in [1.54, 1.807) is 24.3 Å². The normalized spacial score (nSPS) is 12.9. The van der Waals surface area contributed by atoms with Gasteiger partial charge in [-0.15, -0.1) is 0 Å². The van der Waals surface area contributed by atoms with Crippen LogP contribution >= 0.6 is 11.6 Å². The molecule has 17 heavy (non-hydrogen) atoms. The van der Waals surface area contributed by atoms with Crippen LogP contribution in [0.4, 0.5) is 0 Å². The van der Waals surface area contributed by atoms with Gasteiger partial charge in [-0.2, -0.15) is 0 Å². The van der Waals surface area contributed by atoms with Gasteiger partial charge in [-0.05, 0) is 31.3 Å². The van der Waals surface area contributed by atoms with Gasteiger partial charge in [0.1, 0.15) is 5.58 Å². The lowest BCUT2D eigenvalue weighted by atomic mass is 10.0. The Labute approximate surface area is 105 Å². The molecule has 2 rings (SSSR count). The molecule has 1 atom stereocenters. The third kappa shape index (κ3) is 2.51. The molecule has 90 valence electrons. The molecule has 0 aliphatic heterocycles. The van der Waals surface area contributed by atoms with E-state index < -0.39 is 0 Å². The second-order valence-electron chi connectivity index (χ2n) is 4.12. The Balaban J connectivity index is 2.33. The quantitative estimate of drug-likeness (QED) is 0.849. The van der Waals surface area contributed by atoms with Crippen LogP contribution in [0.2, 0.25) is 5.02 Å². The fourth-order valence-electron chi connectivity index (χ4n) is 1.78. The average molecular weight is 252 g/mol. The van der Waals surface area contributed by atoms with Crippen molar-refractivity contribution in [2.45, 2.75) is 6.92 Å². The van der Waals surface area contributed by atoms with Gasteiger partial charge in [0.15, 0.2) is 5.76 Å². The van der Waals surface area contributed by atoms with Crippen LogP contribution in [-0.4, -0.2) is 19.4 Å². The van der Waals surface area contributed by atoms with E-state index in [0.717, 1.165) is 5.39 Å². The summed E-state index contributed by atoms with van der Waals surface area (Å²) in [6.07, 6.45) is 0. The lowest BCUT2D eigenvalue weighted by molar-refractivity contribution is 0.0904. The Morgan fingerprint density at radius 3 is 2.94 bits per heavy atom. The summed E-state index contributed by atoms with van der Waals surface area (Å²) in [5.41, 5.74) is 0.689. The highest BCUT2D eigenvalue weighted by Crippen LogP contribution is 2.24. The highest BCUT2D eigenvalue weighted by atomic mass is 35.5. The lowest BCUT2D eigenvalue weighted by Gasteiger charge is -2.06. The molecule has 0 aliphatic carbocycles. The zero-order chi connectivity index (χ0) is 12.4. The second kappa shape index (κ2) is 4.90. The topological polar surface area (TPSA) is 42.2 Å². The third-order valence-corrected chi connectivity index (χ3v) is 2.91. The molecule has 0 bridgehead atoms. The summed E-state index contributed by atoms with van der Waals surface area (Å²) in [6.45, 7) is 2.51. The van der Waals surface area contributed by atoms with Crippen molar-refractivity contribution in [3.63, 3.8) is 0 Å². The molecule has 1 heterocycles. The average Bonchev–Trinajstić information content (AvgIpc) is 2.71. The van der Waals surface area contributed by atoms with Gasteiger partial charge in [-0.1, -0.05) is 18.5 Å². The first-order valence-corrected chi connectivity index (χ1v) is 5.87. The first-order chi connectivity index (χ1) is 8.11. The molecule has 1 aromatic heterocycles. The summed E-state index contributed by atoms with van der Waals surface area (Å²) >= 11 is 5.88. The molecule has 4 heteroatoms. The first-order valence-electron chi connectivity index (χ1n) is 5.49. The molecular formula is C13H14ClNO2. The minimum Gasteiger partial charge on any atom is -0.453 e. The predicted molar refractivity (Wildman–Crippen MR) is 68.6 cm³/mol. The predicted octanol–water partition coefficient (Wildman–Crippen LogP) is 3.12. The van der Waals surface area contributed by atoms with Crippen LogP contribution in [0.1, 0.15) is 17.5 Å². The highest BCUT2D eigenvalue weighted by molar-refractivity contribution is 6.31. The number of carbonyl (C=O) groups is 1. The van der Waals surface area contributed by atoms with E-state index in [1.807, 2.05) is 14.0 Å². The van der Waals surface area contributed by atoms with Gasteiger partial charge < -0.3 is 9.73 Å². The number of hydrogen-bond acceptors (Lipinski definition) is 3. The minimum absolute atomic E-state index is 0.00618. The van der Waals surface area contributed by atoms with E-state index in [0.29, 0.717) is 22.9 Å². The number of fused-ring (bicyclic) bond motifs is 1. The summed E-state index contributed by atoms with van der Waals surface area (Å²) in [5.74, 6) is 0.299. The SMILES string of the molecule is CNCC(C)C(=O)c1cc2cc(Cl)ccc2o1. The van der Waals surface area contributed by atoms with Crippen LogP contribution in [0.5, 0.6) is 0 Å². The molecule has 0 saturated carbocycles. The molecule has 0 fully saturated rings. The van der Waals surface area contributed by atoms with Crippen molar-refractivity contribution in [2.75, 3.05) is 13.6 Å². The Morgan fingerprint density at radius 1 is 1.47 bits per heavy atom. The summed E-state index contributed by atoms with van der Waals surface area (Å²) in [6, 6.07) is 7.06. The number of furan rings is 1. The highest BCUT2D eigenvalue weighted by Gasteiger charge is 2.18. The molecular weight excluding hydrogens is 238 g/mol. The van der Waals surface area contributed by atoms with Crippen molar-refractivity contribution in [1.82, 2.24) is 5.32 Å². The van der Waals surface area contributed by atoms with Gasteiger partial charge in [-0.25, -0.2) is 0 Å². The number of halogens is 1. The fraction of sp³-hybridized carbons (Fsp3) is 0.308. The zero-order valence-corrected chi connectivity index (χ0v) is 10.5. The van der Waals surface area contributed by atoms with Crippen molar-refractivity contribution in [1.29, 1.82) is 0 Å². The number of ketones is 1. The molecule has 1 unspecified atom stereocenters. The summed E-state index contributed by atoms with van der Waals surface area (Å²) in [7, 11) is 1.82. The van der Waals surface area contributed by atoms with Crippen LogP contribution in [0.3, 0.4) is 0 Å². The molecule has 0 radical (unpaired) electrons. The van der Waals surface area contributed by atoms with Crippen molar-refractivity contribution in [2.24, 2.45) is 5.92 Å². The number of benzene rings is 1. The van der Waals surface area contributed by atoms with Gasteiger partial charge >= 0.3 is 0 Å². The Bertz CT molecular complexity index is 547. The van der Waals surface area contributed by atoms with E-state index >= 15 is 0 Å². The molecule has 1 N–H and O–H groups in total. The van der Waals surface area contributed by atoms with E-state index in [-0.39, 0.29) is 11.7 Å². The minimum atomic E-state index is -0.101. The van der Waals surface area contributed by atoms with Crippen LogP contribution in [0, 0.1) is 5.92 Å². The Morgan fingerprint density at radius 2 is 2.24 bits per heavy atom. The monoisotopic (exact) mass is 251 g/mol. The van der Waals surface area contributed by atoms with Crippen molar-refractivity contribution < 1.29 is 9.21 Å². The summed E-state index contributed by atoms with van der Waals surface area (Å²) < 4.78 is 5.52. The van der Waals surface area contributed by atoms with Crippen LogP contribution in [0.15, 0.2) is 28.7 Å². The maximum absolute atomic E-state index is 12.0. The van der Waals surface area contributed by atoms with Gasteiger partial charge in [0.2, 0.25) is 5.78 Å². The standard InChI is InChI=1S/C13H14ClNO2/c1-8(7-15-2)13(16)12-6-9-5-10(14)3-4-11(9)17-12/h3-6,8,15H,7H2,1-2H3. The number of rotatable bonds is 4. The van der Waals surface area contributed by atoms with Crippen LogP contribution in [-0.2, 0) is 0 Å². The third-order valence-electron chi connectivity index (χ3n) is 2.68. The second-order valence-corrected chi connectivity index (χ2v) is 4.55. The number of hydrogen-bond donors (Lipinski definition) is 1. The molecule has 0 saturated heterocycles. The fourth-order valence-corrected chi connectivity index (χ4v) is 1.96. The number of carbonyl (C=O) groups excluding carboxylic acids is 1. The van der Waals surface area contributed by atoms with Gasteiger partial charge in [0.25, 0.3) is 0 Å². The zero-order valence-electron chi connectivity index (χ0n) is 9.79. The van der Waals surface area contributed by atoms with Crippen LogP contribution in [0.25, 0.3) is 11.0 Å². The van der Waals surface area contributed by atoms with Gasteiger partial charge in [0, 0.05) is 22.9 Å². The molecule has 0 amide bonds. The van der Waals surface area contributed by atoms with Crippen LogP contribution < -0.4 is 5.32 Å². The Hall–Kier alpha value is -1.32. The van der Waals surface area contributed by atoms with Gasteiger partial charge in [0.05, 0.1) is 0 Å². The largest absolute Gasteiger partial charge is 0.453 e.